The second kappa shape index (κ2) is 7.23. The van der Waals surface area contributed by atoms with E-state index in [2.05, 4.69) is 4.99 Å². The fourth-order valence-corrected chi connectivity index (χ4v) is 3.02. The predicted molar refractivity (Wildman–Crippen MR) is 105 cm³/mol. The van der Waals surface area contributed by atoms with E-state index in [-0.39, 0.29) is 23.9 Å². The number of nitro benzene ring substituents is 1. The van der Waals surface area contributed by atoms with Crippen molar-refractivity contribution in [3.05, 3.63) is 80.5 Å². The van der Waals surface area contributed by atoms with E-state index in [0.29, 0.717) is 22.6 Å². The van der Waals surface area contributed by atoms with Crippen LogP contribution in [0.5, 0.6) is 11.5 Å². The minimum absolute atomic E-state index is 0.0341. The van der Waals surface area contributed by atoms with Gasteiger partial charge in [-0.15, -0.1) is 0 Å². The number of fused-ring (bicyclic) bond motifs is 1. The van der Waals surface area contributed by atoms with Crippen LogP contribution in [-0.4, -0.2) is 30.5 Å². The lowest BCUT2D eigenvalue weighted by atomic mass is 10.1. The van der Waals surface area contributed by atoms with Gasteiger partial charge in [0.2, 0.25) is 5.90 Å². The summed E-state index contributed by atoms with van der Waals surface area (Å²) in [4.78, 5) is 27.1. The second-order valence-corrected chi connectivity index (χ2v) is 6.51. The molecular weight excluding hydrogens is 376 g/mol. The highest BCUT2D eigenvalue weighted by atomic mass is 16.6. The molecule has 2 aromatic rings. The van der Waals surface area contributed by atoms with Crippen LogP contribution in [-0.2, 0) is 9.53 Å². The molecule has 0 N–H and O–H groups in total. The number of hydrogen-bond donors (Lipinski definition) is 0. The van der Waals surface area contributed by atoms with Crippen molar-refractivity contribution in [2.45, 2.75) is 6.92 Å². The Labute approximate surface area is 165 Å². The van der Waals surface area contributed by atoms with Crippen molar-refractivity contribution < 1.29 is 23.9 Å². The third kappa shape index (κ3) is 3.60. The molecule has 0 fully saturated rings. The first kappa shape index (κ1) is 18.4. The lowest BCUT2D eigenvalue weighted by Crippen LogP contribution is -2.08. The minimum atomic E-state index is -0.621. The molecule has 2 heterocycles. The van der Waals surface area contributed by atoms with Crippen molar-refractivity contribution in [3.8, 4) is 11.5 Å². The van der Waals surface area contributed by atoms with Crippen LogP contribution in [0.3, 0.4) is 0 Å². The zero-order valence-electron chi connectivity index (χ0n) is 15.7. The number of benzene rings is 2. The maximum Gasteiger partial charge on any atom is 0.363 e. The average Bonchev–Trinajstić information content (AvgIpc) is 3.08. The number of cyclic esters (lactones) is 1. The van der Waals surface area contributed by atoms with Gasteiger partial charge >= 0.3 is 5.97 Å². The smallest absolute Gasteiger partial charge is 0.363 e. The largest absolute Gasteiger partial charge is 0.497 e. The number of carbonyl (C=O) groups is 1. The van der Waals surface area contributed by atoms with Gasteiger partial charge < -0.3 is 14.2 Å². The molecule has 0 saturated carbocycles. The predicted octanol–water partition coefficient (Wildman–Crippen LogP) is 3.58. The second-order valence-electron chi connectivity index (χ2n) is 6.51. The molecule has 29 heavy (non-hydrogen) atoms. The number of aliphatic imine (C=N–C) groups is 1. The van der Waals surface area contributed by atoms with Crippen molar-refractivity contribution in [1.82, 2.24) is 0 Å². The van der Waals surface area contributed by atoms with Gasteiger partial charge in [-0.3, -0.25) is 10.1 Å². The fourth-order valence-electron chi connectivity index (χ4n) is 3.02. The lowest BCUT2D eigenvalue weighted by Gasteiger charge is -2.16. The summed E-state index contributed by atoms with van der Waals surface area (Å²) >= 11 is 0. The minimum Gasteiger partial charge on any atom is -0.497 e. The molecule has 0 spiro atoms. The Kier molecular flexibility index (Phi) is 4.59. The van der Waals surface area contributed by atoms with Crippen LogP contribution in [0.25, 0.3) is 6.08 Å². The first-order valence-electron chi connectivity index (χ1n) is 8.74. The molecular formula is C21H16N2O6. The third-order valence-electron chi connectivity index (χ3n) is 4.55. The van der Waals surface area contributed by atoms with Crippen molar-refractivity contribution in [3.63, 3.8) is 0 Å². The molecule has 2 aromatic carbocycles. The average molecular weight is 392 g/mol. The van der Waals surface area contributed by atoms with Crippen molar-refractivity contribution in [2.75, 3.05) is 13.7 Å². The summed E-state index contributed by atoms with van der Waals surface area (Å²) in [7, 11) is 1.58. The van der Waals surface area contributed by atoms with Crippen LogP contribution in [0.4, 0.5) is 5.69 Å². The molecule has 0 saturated heterocycles. The van der Waals surface area contributed by atoms with E-state index in [9.17, 15) is 14.9 Å². The topological polar surface area (TPSA) is 100 Å². The van der Waals surface area contributed by atoms with Crippen molar-refractivity contribution in [1.29, 1.82) is 0 Å². The molecule has 8 heteroatoms. The molecule has 8 nitrogen and oxygen atoms in total. The molecule has 4 rings (SSSR count). The van der Waals surface area contributed by atoms with Crippen LogP contribution < -0.4 is 9.47 Å². The Hall–Kier alpha value is -3.94. The molecule has 0 aromatic heterocycles. The summed E-state index contributed by atoms with van der Waals surface area (Å²) in [6, 6.07) is 10.0. The molecule has 0 amide bonds. The number of nitro groups is 1. The van der Waals surface area contributed by atoms with Crippen LogP contribution in [0.15, 0.2) is 58.7 Å². The van der Waals surface area contributed by atoms with E-state index in [1.165, 1.54) is 6.07 Å². The zero-order chi connectivity index (χ0) is 20.5. The Bertz CT molecular complexity index is 1130. The Morgan fingerprint density at radius 1 is 1.24 bits per heavy atom. The summed E-state index contributed by atoms with van der Waals surface area (Å²) in [5.74, 6) is 0.799. The standard InChI is InChI=1S/C21H16N2O6/c1-12-3-4-15(9-18(12)23(25)26)20-22-17(21(24)29-20)8-13-7-14-5-6-16(27-2)10-19(14)28-11-13/h3-10H,11H2,1-2H3/b17-8+. The molecule has 0 atom stereocenters. The molecule has 2 aliphatic rings. The number of ether oxygens (including phenoxy) is 3. The zero-order valence-corrected chi connectivity index (χ0v) is 15.7. The summed E-state index contributed by atoms with van der Waals surface area (Å²) < 4.78 is 16.1. The van der Waals surface area contributed by atoms with Gasteiger partial charge in [0.25, 0.3) is 5.69 Å². The number of rotatable bonds is 4. The fraction of sp³-hybridized carbons (Fsp3) is 0.143. The number of nitrogens with zero attached hydrogens (tertiary/aromatic N) is 2. The summed E-state index contributed by atoms with van der Waals surface area (Å²) in [5.41, 5.74) is 2.52. The number of aryl methyl sites for hydroxylation is 1. The van der Waals surface area contributed by atoms with Gasteiger partial charge in [0.05, 0.1) is 12.0 Å². The molecule has 0 unspecified atom stereocenters. The van der Waals surface area contributed by atoms with Crippen LogP contribution in [0.1, 0.15) is 16.7 Å². The Morgan fingerprint density at radius 3 is 2.83 bits per heavy atom. The first-order chi connectivity index (χ1) is 13.9. The lowest BCUT2D eigenvalue weighted by molar-refractivity contribution is -0.385. The van der Waals surface area contributed by atoms with E-state index in [1.807, 2.05) is 18.2 Å². The van der Waals surface area contributed by atoms with E-state index < -0.39 is 10.9 Å². The molecule has 0 aliphatic carbocycles. The van der Waals surface area contributed by atoms with E-state index in [1.54, 1.807) is 38.3 Å². The number of methoxy groups -OCH3 is 1. The number of hydrogen-bond acceptors (Lipinski definition) is 7. The van der Waals surface area contributed by atoms with Gasteiger partial charge in [0.15, 0.2) is 5.70 Å². The third-order valence-corrected chi connectivity index (χ3v) is 4.55. The summed E-state index contributed by atoms with van der Waals surface area (Å²) in [6.07, 6.45) is 3.48. The van der Waals surface area contributed by atoms with Gasteiger partial charge in [0, 0.05) is 28.8 Å². The van der Waals surface area contributed by atoms with Crippen molar-refractivity contribution in [2.24, 2.45) is 4.99 Å². The normalized spacial score (nSPS) is 16.5. The Balaban J connectivity index is 1.64. The number of esters is 1. The highest BCUT2D eigenvalue weighted by molar-refractivity contribution is 6.11. The molecule has 146 valence electrons. The monoisotopic (exact) mass is 392 g/mol. The summed E-state index contributed by atoms with van der Waals surface area (Å²) in [5, 5.41) is 11.1. The summed E-state index contributed by atoms with van der Waals surface area (Å²) in [6.45, 7) is 1.90. The quantitative estimate of drug-likeness (QED) is 0.341. The van der Waals surface area contributed by atoms with Gasteiger partial charge in [0.1, 0.15) is 18.1 Å². The highest BCUT2D eigenvalue weighted by Crippen LogP contribution is 2.31. The molecule has 0 bridgehead atoms. The molecule has 2 aliphatic heterocycles. The van der Waals surface area contributed by atoms with Crippen LogP contribution in [0, 0.1) is 17.0 Å². The maximum absolute atomic E-state index is 12.2. The van der Waals surface area contributed by atoms with Gasteiger partial charge in [-0.1, -0.05) is 6.07 Å². The SMILES string of the molecule is COc1ccc2c(c1)OCC(/C=C1/N=C(c3ccc(C)c([N+](=O)[O-])c3)OC1=O)=C2. The van der Waals surface area contributed by atoms with E-state index in [0.717, 1.165) is 11.1 Å². The number of carbonyl (C=O) groups excluding carboxylic acids is 1. The molecule has 0 radical (unpaired) electrons. The van der Waals surface area contributed by atoms with E-state index in [4.69, 9.17) is 14.2 Å². The van der Waals surface area contributed by atoms with Gasteiger partial charge in [-0.05, 0) is 42.8 Å². The van der Waals surface area contributed by atoms with Gasteiger partial charge in [-0.25, -0.2) is 9.79 Å². The van der Waals surface area contributed by atoms with Gasteiger partial charge in [-0.2, -0.15) is 0 Å². The van der Waals surface area contributed by atoms with E-state index >= 15 is 0 Å². The highest BCUT2D eigenvalue weighted by Gasteiger charge is 2.26. The van der Waals surface area contributed by atoms with Crippen molar-refractivity contribution >= 4 is 23.6 Å². The first-order valence-corrected chi connectivity index (χ1v) is 8.74. The van der Waals surface area contributed by atoms with Crippen LogP contribution in [0.2, 0.25) is 0 Å². The Morgan fingerprint density at radius 2 is 2.07 bits per heavy atom. The maximum atomic E-state index is 12.2. The van der Waals surface area contributed by atoms with Crippen LogP contribution >= 0.6 is 0 Å².